The Hall–Kier alpha value is -2.58. The zero-order chi connectivity index (χ0) is 21.7. The number of carbonyl (C=O) groups is 1. The van der Waals surface area contributed by atoms with Gasteiger partial charge in [-0.15, -0.1) is 0 Å². The van der Waals surface area contributed by atoms with Crippen molar-refractivity contribution in [1.29, 1.82) is 0 Å². The van der Waals surface area contributed by atoms with Gasteiger partial charge < -0.3 is 5.32 Å². The van der Waals surface area contributed by atoms with E-state index in [1.54, 1.807) is 13.0 Å². The largest absolute Gasteiger partial charge is 0.349 e. The van der Waals surface area contributed by atoms with Crippen LogP contribution in [0.4, 0.5) is 8.78 Å². The van der Waals surface area contributed by atoms with Gasteiger partial charge in [-0.3, -0.25) is 4.79 Å². The number of nitrogens with zero attached hydrogens (tertiary/aromatic N) is 1. The summed E-state index contributed by atoms with van der Waals surface area (Å²) in [6.45, 7) is 2.19. The lowest BCUT2D eigenvalue weighted by molar-refractivity contribution is -0.126. The standard InChI is InChI=1S/C22H24F2N2O3S/c1-16(19-7-8-20(23)21(24)15-19)25-22(27)18-9-12-26(13-10-18)30(28,29)14-11-17-5-3-2-4-6-17/h2-8,11,14-16,18H,9-10,12-13H2,1H3,(H,25,27)/b14-11+. The number of sulfonamides is 1. The third-order valence-corrected chi connectivity index (χ3v) is 6.78. The minimum absolute atomic E-state index is 0.218. The number of benzene rings is 2. The molecule has 1 amide bonds. The van der Waals surface area contributed by atoms with Crippen molar-refractivity contribution in [1.82, 2.24) is 9.62 Å². The molecule has 1 fully saturated rings. The molecule has 1 aliphatic heterocycles. The van der Waals surface area contributed by atoms with E-state index in [9.17, 15) is 22.0 Å². The van der Waals surface area contributed by atoms with E-state index in [0.29, 0.717) is 18.4 Å². The van der Waals surface area contributed by atoms with Crippen molar-refractivity contribution in [3.05, 3.63) is 76.7 Å². The Morgan fingerprint density at radius 1 is 1.10 bits per heavy atom. The molecular weight excluding hydrogens is 410 g/mol. The number of halogens is 2. The van der Waals surface area contributed by atoms with Crippen LogP contribution in [-0.4, -0.2) is 31.7 Å². The molecule has 0 saturated carbocycles. The monoisotopic (exact) mass is 434 g/mol. The number of amides is 1. The van der Waals surface area contributed by atoms with Crippen LogP contribution in [0.5, 0.6) is 0 Å². The lowest BCUT2D eigenvalue weighted by Crippen LogP contribution is -2.42. The molecule has 1 unspecified atom stereocenters. The van der Waals surface area contributed by atoms with Gasteiger partial charge >= 0.3 is 0 Å². The Bertz CT molecular complexity index is 1020. The number of hydrogen-bond donors (Lipinski definition) is 1. The molecule has 30 heavy (non-hydrogen) atoms. The molecule has 1 aliphatic rings. The molecule has 5 nitrogen and oxygen atoms in total. The molecule has 0 radical (unpaired) electrons. The van der Waals surface area contributed by atoms with Gasteiger partial charge in [-0.1, -0.05) is 36.4 Å². The zero-order valence-electron chi connectivity index (χ0n) is 16.6. The highest BCUT2D eigenvalue weighted by Gasteiger charge is 2.30. The summed E-state index contributed by atoms with van der Waals surface area (Å²) in [5, 5.41) is 3.99. The van der Waals surface area contributed by atoms with E-state index in [1.807, 2.05) is 30.3 Å². The summed E-state index contributed by atoms with van der Waals surface area (Å²) in [6.07, 6.45) is 2.35. The highest BCUT2D eigenvalue weighted by Crippen LogP contribution is 2.23. The van der Waals surface area contributed by atoms with E-state index < -0.39 is 27.7 Å². The van der Waals surface area contributed by atoms with Crippen molar-refractivity contribution < 1.29 is 22.0 Å². The van der Waals surface area contributed by atoms with Gasteiger partial charge in [0.15, 0.2) is 11.6 Å². The lowest BCUT2D eigenvalue weighted by Gasteiger charge is -2.30. The molecule has 3 rings (SSSR count). The third kappa shape index (κ3) is 5.52. The number of rotatable bonds is 6. The first kappa shape index (κ1) is 22.1. The molecule has 8 heteroatoms. The average molecular weight is 435 g/mol. The minimum Gasteiger partial charge on any atom is -0.349 e. The molecule has 2 aromatic carbocycles. The lowest BCUT2D eigenvalue weighted by atomic mass is 9.96. The first-order valence-corrected chi connectivity index (χ1v) is 11.2. The molecule has 0 aliphatic carbocycles. The molecular formula is C22H24F2N2O3S. The normalized spacial score (nSPS) is 17.2. The topological polar surface area (TPSA) is 66.5 Å². The van der Waals surface area contributed by atoms with Crippen molar-refractivity contribution in [2.24, 2.45) is 5.92 Å². The third-order valence-electron chi connectivity index (χ3n) is 5.22. The Labute approximate surface area is 175 Å². The van der Waals surface area contributed by atoms with Crippen molar-refractivity contribution in [2.45, 2.75) is 25.8 Å². The molecule has 1 N–H and O–H groups in total. The second kappa shape index (κ2) is 9.49. The van der Waals surface area contributed by atoms with Gasteiger partial charge in [0.1, 0.15) is 0 Å². The number of hydrogen-bond acceptors (Lipinski definition) is 3. The van der Waals surface area contributed by atoms with E-state index in [1.165, 1.54) is 15.8 Å². The van der Waals surface area contributed by atoms with Crippen molar-refractivity contribution in [3.63, 3.8) is 0 Å². The van der Waals surface area contributed by atoms with Crippen LogP contribution in [0.15, 0.2) is 53.9 Å². The molecule has 1 atom stereocenters. The van der Waals surface area contributed by atoms with Crippen LogP contribution in [0.2, 0.25) is 0 Å². The highest BCUT2D eigenvalue weighted by molar-refractivity contribution is 7.92. The SMILES string of the molecule is CC(NC(=O)C1CCN(S(=O)(=O)/C=C/c2ccccc2)CC1)c1ccc(F)c(F)c1. The first-order valence-electron chi connectivity index (χ1n) is 9.75. The average Bonchev–Trinajstić information content (AvgIpc) is 2.75. The summed E-state index contributed by atoms with van der Waals surface area (Å²) in [5.41, 5.74) is 1.26. The van der Waals surface area contributed by atoms with Crippen LogP contribution in [0.25, 0.3) is 6.08 Å². The first-order chi connectivity index (χ1) is 14.3. The Kier molecular flexibility index (Phi) is 6.99. The van der Waals surface area contributed by atoms with E-state index >= 15 is 0 Å². The van der Waals surface area contributed by atoms with Crippen LogP contribution < -0.4 is 5.32 Å². The fraction of sp³-hybridized carbons (Fsp3) is 0.318. The quantitative estimate of drug-likeness (QED) is 0.751. The predicted octanol–water partition coefficient (Wildman–Crippen LogP) is 3.85. The fourth-order valence-electron chi connectivity index (χ4n) is 3.38. The van der Waals surface area contributed by atoms with Gasteiger partial charge in [0, 0.05) is 24.4 Å². The molecule has 0 spiro atoms. The number of piperidine rings is 1. The van der Waals surface area contributed by atoms with E-state index in [2.05, 4.69) is 5.32 Å². The van der Waals surface area contributed by atoms with Gasteiger partial charge in [0.25, 0.3) is 0 Å². The van der Waals surface area contributed by atoms with Gasteiger partial charge in [-0.25, -0.2) is 17.2 Å². The molecule has 1 saturated heterocycles. The maximum atomic E-state index is 13.4. The summed E-state index contributed by atoms with van der Waals surface area (Å²) in [5.74, 6) is -2.45. The zero-order valence-corrected chi connectivity index (χ0v) is 17.4. The van der Waals surface area contributed by atoms with Crippen molar-refractivity contribution in [2.75, 3.05) is 13.1 Å². The van der Waals surface area contributed by atoms with Gasteiger partial charge in [0.2, 0.25) is 15.9 Å². The Morgan fingerprint density at radius 2 is 1.77 bits per heavy atom. The number of carbonyl (C=O) groups excluding carboxylic acids is 1. The summed E-state index contributed by atoms with van der Waals surface area (Å²) in [4.78, 5) is 12.5. The van der Waals surface area contributed by atoms with Gasteiger partial charge in [0.05, 0.1) is 6.04 Å². The predicted molar refractivity (Wildman–Crippen MR) is 112 cm³/mol. The molecule has 0 aromatic heterocycles. The van der Waals surface area contributed by atoms with Crippen LogP contribution in [0.1, 0.15) is 36.9 Å². The highest BCUT2D eigenvalue weighted by atomic mass is 32.2. The van der Waals surface area contributed by atoms with E-state index in [4.69, 9.17) is 0 Å². The second-order valence-corrected chi connectivity index (χ2v) is 9.15. The van der Waals surface area contributed by atoms with Crippen molar-refractivity contribution in [3.8, 4) is 0 Å². The summed E-state index contributed by atoms with van der Waals surface area (Å²) in [7, 11) is -3.56. The maximum absolute atomic E-state index is 13.4. The van der Waals surface area contributed by atoms with Gasteiger partial charge in [-0.2, -0.15) is 4.31 Å². The summed E-state index contributed by atoms with van der Waals surface area (Å²) < 4.78 is 52.9. The van der Waals surface area contributed by atoms with Crippen LogP contribution in [0.3, 0.4) is 0 Å². The Balaban J connectivity index is 1.54. The molecule has 1 heterocycles. The molecule has 0 bridgehead atoms. The van der Waals surface area contributed by atoms with Crippen LogP contribution in [0, 0.1) is 17.6 Å². The Morgan fingerprint density at radius 3 is 2.40 bits per heavy atom. The smallest absolute Gasteiger partial charge is 0.236 e. The fourth-order valence-corrected chi connectivity index (χ4v) is 4.60. The van der Waals surface area contributed by atoms with Crippen molar-refractivity contribution >= 4 is 22.0 Å². The molecule has 2 aromatic rings. The van der Waals surface area contributed by atoms with E-state index in [-0.39, 0.29) is 24.9 Å². The van der Waals surface area contributed by atoms with Crippen LogP contribution in [-0.2, 0) is 14.8 Å². The van der Waals surface area contributed by atoms with E-state index in [0.717, 1.165) is 17.7 Å². The second-order valence-electron chi connectivity index (χ2n) is 7.34. The van der Waals surface area contributed by atoms with Crippen LogP contribution >= 0.6 is 0 Å². The minimum atomic E-state index is -3.56. The summed E-state index contributed by atoms with van der Waals surface area (Å²) in [6, 6.07) is 12.2. The number of nitrogens with one attached hydrogen (secondary N) is 1. The maximum Gasteiger partial charge on any atom is 0.236 e. The summed E-state index contributed by atoms with van der Waals surface area (Å²) >= 11 is 0. The molecule has 160 valence electrons. The van der Waals surface area contributed by atoms with Gasteiger partial charge in [-0.05, 0) is 49.1 Å².